The van der Waals surface area contributed by atoms with Crippen LogP contribution in [0.25, 0.3) is 0 Å². The number of benzene rings is 1. The zero-order valence-corrected chi connectivity index (χ0v) is 9.19. The first kappa shape index (κ1) is 9.41. The maximum Gasteiger partial charge on any atom is 0.138 e. The largest absolute Gasteiger partial charge is 0.392 e. The van der Waals surface area contributed by atoms with Crippen molar-refractivity contribution in [2.45, 2.75) is 6.61 Å². The summed E-state index contributed by atoms with van der Waals surface area (Å²) in [5.41, 5.74) is 0.579. The van der Waals surface area contributed by atoms with E-state index in [-0.39, 0.29) is 12.4 Å². The van der Waals surface area contributed by atoms with E-state index >= 15 is 0 Å². The Morgan fingerprint density at radius 3 is 2.64 bits per heavy atom. The summed E-state index contributed by atoms with van der Waals surface area (Å²) in [5.74, 6) is -0.302. The van der Waals surface area contributed by atoms with E-state index in [2.05, 4.69) is 15.9 Å². The Bertz CT molecular complexity index is 254. The molecule has 11 heavy (non-hydrogen) atoms. The first-order valence-corrected chi connectivity index (χ1v) is 4.76. The molecule has 1 nitrogen and oxygen atoms in total. The minimum atomic E-state index is -0.302. The van der Waals surface area contributed by atoms with Crippen molar-refractivity contribution in [3.8, 4) is 0 Å². The fourth-order valence-corrected chi connectivity index (χ4v) is 1.49. The average molecular weight is 331 g/mol. The van der Waals surface area contributed by atoms with Gasteiger partial charge in [0, 0.05) is 4.47 Å². The van der Waals surface area contributed by atoms with Crippen molar-refractivity contribution in [2.75, 3.05) is 0 Å². The first-order chi connectivity index (χ1) is 5.15. The van der Waals surface area contributed by atoms with Crippen LogP contribution in [0.3, 0.4) is 0 Å². The Kier molecular flexibility index (Phi) is 3.27. The first-order valence-electron chi connectivity index (χ1n) is 2.89. The lowest BCUT2D eigenvalue weighted by molar-refractivity contribution is 0.281. The molecule has 0 saturated carbocycles. The van der Waals surface area contributed by atoms with E-state index in [4.69, 9.17) is 5.11 Å². The summed E-state index contributed by atoms with van der Waals surface area (Å²) in [6.07, 6.45) is 0. The molecule has 0 aliphatic rings. The Morgan fingerprint density at radius 1 is 1.55 bits per heavy atom. The van der Waals surface area contributed by atoms with Crippen molar-refractivity contribution < 1.29 is 9.50 Å². The normalized spacial score (nSPS) is 10.2. The van der Waals surface area contributed by atoms with Crippen LogP contribution < -0.4 is 0 Å². The number of aliphatic hydroxyl groups is 1. The van der Waals surface area contributed by atoms with Crippen LogP contribution >= 0.6 is 38.5 Å². The minimum absolute atomic E-state index is 0.133. The number of rotatable bonds is 1. The van der Waals surface area contributed by atoms with Gasteiger partial charge in [0.15, 0.2) is 0 Å². The van der Waals surface area contributed by atoms with Crippen LogP contribution in [0, 0.1) is 9.39 Å². The maximum absolute atomic E-state index is 12.9. The lowest BCUT2D eigenvalue weighted by atomic mass is 10.2. The predicted octanol–water partition coefficient (Wildman–Crippen LogP) is 2.69. The van der Waals surface area contributed by atoms with Crippen LogP contribution in [0.1, 0.15) is 5.56 Å². The molecule has 0 fully saturated rings. The summed E-state index contributed by atoms with van der Waals surface area (Å²) < 4.78 is 14.1. The van der Waals surface area contributed by atoms with Gasteiger partial charge in [0.1, 0.15) is 5.82 Å². The molecule has 0 unspecified atom stereocenters. The zero-order chi connectivity index (χ0) is 8.43. The van der Waals surface area contributed by atoms with Crippen LogP contribution in [0.15, 0.2) is 16.6 Å². The van der Waals surface area contributed by atoms with E-state index < -0.39 is 0 Å². The highest BCUT2D eigenvalue weighted by Gasteiger charge is 2.04. The van der Waals surface area contributed by atoms with Crippen LogP contribution in [-0.2, 0) is 6.61 Å². The number of hydrogen-bond donors (Lipinski definition) is 1. The van der Waals surface area contributed by atoms with Gasteiger partial charge in [-0.15, -0.1) is 0 Å². The molecule has 0 aliphatic carbocycles. The van der Waals surface area contributed by atoms with Gasteiger partial charge < -0.3 is 5.11 Å². The third-order valence-corrected chi connectivity index (χ3v) is 3.69. The minimum Gasteiger partial charge on any atom is -0.392 e. The van der Waals surface area contributed by atoms with Gasteiger partial charge in [-0.2, -0.15) is 0 Å². The lowest BCUT2D eigenvalue weighted by Gasteiger charge is -2.00. The smallest absolute Gasteiger partial charge is 0.138 e. The molecule has 1 rings (SSSR count). The van der Waals surface area contributed by atoms with Gasteiger partial charge in [0.25, 0.3) is 0 Å². The fraction of sp³-hybridized carbons (Fsp3) is 0.143. The van der Waals surface area contributed by atoms with Gasteiger partial charge in [-0.05, 0) is 56.2 Å². The Hall–Kier alpha value is 0.320. The van der Waals surface area contributed by atoms with E-state index in [0.29, 0.717) is 13.6 Å². The molecular weight excluding hydrogens is 326 g/mol. The summed E-state index contributed by atoms with van der Waals surface area (Å²) in [6, 6.07) is 3.03. The topological polar surface area (TPSA) is 20.2 Å². The van der Waals surface area contributed by atoms with E-state index in [1.54, 1.807) is 6.07 Å². The van der Waals surface area contributed by atoms with Crippen LogP contribution in [0.2, 0.25) is 0 Å². The lowest BCUT2D eigenvalue weighted by Crippen LogP contribution is -1.89. The Balaban J connectivity index is 3.21. The van der Waals surface area contributed by atoms with Gasteiger partial charge >= 0.3 is 0 Å². The average Bonchev–Trinajstić information content (AvgIpc) is 1.99. The SMILES string of the molecule is OCc1cc(F)c(I)c(Br)c1. The number of aliphatic hydroxyl groups excluding tert-OH is 1. The van der Waals surface area contributed by atoms with Crippen molar-refractivity contribution in [1.29, 1.82) is 0 Å². The van der Waals surface area contributed by atoms with Crippen LogP contribution in [-0.4, -0.2) is 5.11 Å². The van der Waals surface area contributed by atoms with Gasteiger partial charge in [0.05, 0.1) is 10.2 Å². The van der Waals surface area contributed by atoms with Crippen LogP contribution in [0.4, 0.5) is 4.39 Å². The van der Waals surface area contributed by atoms with Crippen molar-refractivity contribution in [2.24, 2.45) is 0 Å². The molecule has 0 heterocycles. The highest BCUT2D eigenvalue weighted by Crippen LogP contribution is 2.23. The van der Waals surface area contributed by atoms with Gasteiger partial charge in [0.2, 0.25) is 0 Å². The second-order valence-corrected chi connectivity index (χ2v) is 3.96. The fourth-order valence-electron chi connectivity index (χ4n) is 0.699. The van der Waals surface area contributed by atoms with Gasteiger partial charge in [-0.3, -0.25) is 0 Å². The second kappa shape index (κ2) is 3.82. The van der Waals surface area contributed by atoms with Crippen molar-refractivity contribution in [3.05, 3.63) is 31.6 Å². The molecule has 0 bridgehead atoms. The summed E-state index contributed by atoms with van der Waals surface area (Å²) >= 11 is 5.08. The highest BCUT2D eigenvalue weighted by molar-refractivity contribution is 14.1. The second-order valence-electron chi connectivity index (χ2n) is 2.03. The molecule has 4 heteroatoms. The Labute approximate surface area is 85.9 Å². The summed E-state index contributed by atoms with van der Waals surface area (Å²) in [7, 11) is 0. The molecular formula is C7H5BrFIO. The quantitative estimate of drug-likeness (QED) is 0.620. The Morgan fingerprint density at radius 2 is 2.18 bits per heavy atom. The molecule has 0 aliphatic heterocycles. The molecule has 0 atom stereocenters. The van der Waals surface area contributed by atoms with Crippen molar-refractivity contribution in [1.82, 2.24) is 0 Å². The van der Waals surface area contributed by atoms with E-state index in [0.717, 1.165) is 0 Å². The molecule has 0 radical (unpaired) electrons. The van der Waals surface area contributed by atoms with E-state index in [1.807, 2.05) is 22.6 Å². The maximum atomic E-state index is 12.9. The molecule has 0 aromatic heterocycles. The molecule has 1 aromatic rings. The standard InChI is InChI=1S/C7H5BrFIO/c8-5-1-4(3-11)2-6(9)7(5)10/h1-2,11H,3H2. The predicted molar refractivity (Wildman–Crippen MR) is 52.7 cm³/mol. The third kappa shape index (κ3) is 2.13. The third-order valence-electron chi connectivity index (χ3n) is 1.23. The zero-order valence-electron chi connectivity index (χ0n) is 5.44. The van der Waals surface area contributed by atoms with Crippen molar-refractivity contribution in [3.63, 3.8) is 0 Å². The summed E-state index contributed by atoms with van der Waals surface area (Å²) in [5, 5.41) is 8.69. The molecule has 1 N–H and O–H groups in total. The van der Waals surface area contributed by atoms with E-state index in [9.17, 15) is 4.39 Å². The molecule has 1 aromatic carbocycles. The highest BCUT2D eigenvalue weighted by atomic mass is 127. The molecule has 0 amide bonds. The summed E-state index contributed by atoms with van der Waals surface area (Å²) in [4.78, 5) is 0. The number of halogens is 3. The summed E-state index contributed by atoms with van der Waals surface area (Å²) in [6.45, 7) is -0.133. The molecule has 60 valence electrons. The number of hydrogen-bond acceptors (Lipinski definition) is 1. The van der Waals surface area contributed by atoms with E-state index in [1.165, 1.54) is 6.07 Å². The molecule has 0 spiro atoms. The monoisotopic (exact) mass is 330 g/mol. The van der Waals surface area contributed by atoms with Crippen molar-refractivity contribution >= 4 is 38.5 Å². The van der Waals surface area contributed by atoms with Crippen LogP contribution in [0.5, 0.6) is 0 Å². The van der Waals surface area contributed by atoms with Gasteiger partial charge in [-0.1, -0.05) is 0 Å². The molecule has 0 saturated heterocycles. The van der Waals surface area contributed by atoms with Gasteiger partial charge in [-0.25, -0.2) is 4.39 Å².